The predicted octanol–water partition coefficient (Wildman–Crippen LogP) is 3.89. The van der Waals surface area contributed by atoms with Gasteiger partial charge in [0.2, 0.25) is 15.9 Å². The molecule has 8 heteroatoms. The second kappa shape index (κ2) is 11.8. The van der Waals surface area contributed by atoms with Crippen LogP contribution in [0, 0.1) is 5.92 Å². The Bertz CT molecular complexity index is 1040. The molecule has 2 aliphatic rings. The highest BCUT2D eigenvalue weighted by atomic mass is 32.2. The first-order valence-electron chi connectivity index (χ1n) is 12.3. The summed E-state index contributed by atoms with van der Waals surface area (Å²) >= 11 is 0. The van der Waals surface area contributed by atoms with E-state index in [0.717, 1.165) is 44.1 Å². The molecule has 7 nitrogen and oxygen atoms in total. The molecule has 0 spiro atoms. The molecule has 0 bridgehead atoms. The summed E-state index contributed by atoms with van der Waals surface area (Å²) in [6.45, 7) is 4.81. The lowest BCUT2D eigenvalue weighted by Gasteiger charge is -2.28. The molecular formula is C26H35N3O4S. The number of rotatable bonds is 8. The summed E-state index contributed by atoms with van der Waals surface area (Å²) in [5.74, 6) is 1.38. The van der Waals surface area contributed by atoms with E-state index in [1.807, 2.05) is 4.90 Å². The third kappa shape index (κ3) is 7.04. The summed E-state index contributed by atoms with van der Waals surface area (Å²) < 4.78 is 32.6. The molecule has 0 unspecified atom stereocenters. The molecule has 1 saturated heterocycles. The van der Waals surface area contributed by atoms with Crippen LogP contribution >= 0.6 is 0 Å². The number of carbonyl (C=O) groups is 1. The van der Waals surface area contributed by atoms with Crippen molar-refractivity contribution in [1.82, 2.24) is 14.5 Å². The Morgan fingerprint density at radius 1 is 1.00 bits per heavy atom. The number of hydrogen-bond acceptors (Lipinski definition) is 5. The van der Waals surface area contributed by atoms with Gasteiger partial charge in [-0.25, -0.2) is 13.1 Å². The maximum absolute atomic E-state index is 12.8. The van der Waals surface area contributed by atoms with Crippen molar-refractivity contribution in [3.8, 4) is 0 Å². The summed E-state index contributed by atoms with van der Waals surface area (Å²) in [5.41, 5.74) is 0.784. The monoisotopic (exact) mass is 485 g/mol. The minimum Gasteiger partial charge on any atom is -0.468 e. The zero-order valence-electron chi connectivity index (χ0n) is 19.7. The molecule has 0 radical (unpaired) electrons. The maximum Gasteiger partial charge on any atom is 0.246 e. The largest absolute Gasteiger partial charge is 0.468 e. The second-order valence-corrected chi connectivity index (χ2v) is 11.1. The van der Waals surface area contributed by atoms with E-state index in [1.54, 1.807) is 48.6 Å². The molecule has 1 aromatic heterocycles. The van der Waals surface area contributed by atoms with Gasteiger partial charge in [-0.2, -0.15) is 0 Å². The highest BCUT2D eigenvalue weighted by molar-refractivity contribution is 7.89. The molecule has 184 valence electrons. The average molecular weight is 486 g/mol. The fourth-order valence-electron chi connectivity index (χ4n) is 4.80. The van der Waals surface area contributed by atoms with Gasteiger partial charge in [-0.3, -0.25) is 4.79 Å². The Balaban J connectivity index is 1.26. The van der Waals surface area contributed by atoms with Gasteiger partial charge < -0.3 is 14.2 Å². The number of sulfonamides is 1. The molecule has 2 fully saturated rings. The summed E-state index contributed by atoms with van der Waals surface area (Å²) in [6, 6.07) is 9.93. The lowest BCUT2D eigenvalue weighted by molar-refractivity contribution is -0.125. The van der Waals surface area contributed by atoms with E-state index in [0.29, 0.717) is 5.76 Å². The van der Waals surface area contributed by atoms with Gasteiger partial charge in [0.15, 0.2) is 0 Å². The SMILES string of the molecule is O=C(/C=C/c1ccc(S(=O)(=O)NCc2ccco2)cc1)N1CCCN(CC2CCCCC2)CC1. The van der Waals surface area contributed by atoms with Gasteiger partial charge in [-0.1, -0.05) is 31.4 Å². The van der Waals surface area contributed by atoms with E-state index in [4.69, 9.17) is 4.42 Å². The second-order valence-electron chi connectivity index (χ2n) is 9.29. The number of nitrogens with one attached hydrogen (secondary N) is 1. The van der Waals surface area contributed by atoms with Gasteiger partial charge in [0.05, 0.1) is 17.7 Å². The van der Waals surface area contributed by atoms with Crippen LogP contribution in [0.1, 0.15) is 49.8 Å². The number of hydrogen-bond donors (Lipinski definition) is 1. The van der Waals surface area contributed by atoms with E-state index in [1.165, 1.54) is 44.9 Å². The normalized spacial score (nSPS) is 18.9. The summed E-state index contributed by atoms with van der Waals surface area (Å²) in [6.07, 6.45) is 12.7. The van der Waals surface area contributed by atoms with Crippen molar-refractivity contribution >= 4 is 22.0 Å². The molecule has 0 atom stereocenters. The molecule has 1 saturated carbocycles. The van der Waals surface area contributed by atoms with Crippen LogP contribution < -0.4 is 4.72 Å². The van der Waals surface area contributed by atoms with Crippen LogP contribution in [0.3, 0.4) is 0 Å². The zero-order valence-corrected chi connectivity index (χ0v) is 20.5. The highest BCUT2D eigenvalue weighted by Gasteiger charge is 2.21. The van der Waals surface area contributed by atoms with E-state index < -0.39 is 10.0 Å². The molecule has 1 aliphatic carbocycles. The van der Waals surface area contributed by atoms with Crippen LogP contribution in [0.5, 0.6) is 0 Å². The highest BCUT2D eigenvalue weighted by Crippen LogP contribution is 2.24. The molecule has 1 aromatic carbocycles. The van der Waals surface area contributed by atoms with Crippen molar-refractivity contribution in [3.05, 3.63) is 60.1 Å². The number of carbonyl (C=O) groups excluding carboxylic acids is 1. The smallest absolute Gasteiger partial charge is 0.246 e. The van der Waals surface area contributed by atoms with Gasteiger partial charge in [-0.15, -0.1) is 0 Å². The Labute approximate surface area is 202 Å². The van der Waals surface area contributed by atoms with Crippen molar-refractivity contribution in [2.24, 2.45) is 5.92 Å². The first-order valence-corrected chi connectivity index (χ1v) is 13.8. The molecule has 1 aliphatic heterocycles. The molecule has 1 amide bonds. The van der Waals surface area contributed by atoms with E-state index in [2.05, 4.69) is 9.62 Å². The van der Waals surface area contributed by atoms with Crippen LogP contribution in [-0.4, -0.2) is 56.8 Å². The minimum atomic E-state index is -3.64. The number of amides is 1. The molecular weight excluding hydrogens is 450 g/mol. The summed E-state index contributed by atoms with van der Waals surface area (Å²) in [4.78, 5) is 17.4. The Morgan fingerprint density at radius 2 is 1.79 bits per heavy atom. The Kier molecular flexibility index (Phi) is 8.59. The van der Waals surface area contributed by atoms with Crippen molar-refractivity contribution in [3.63, 3.8) is 0 Å². The quantitative estimate of drug-likeness (QED) is 0.574. The Morgan fingerprint density at radius 3 is 2.53 bits per heavy atom. The molecule has 1 N–H and O–H groups in total. The van der Waals surface area contributed by atoms with Gasteiger partial charge in [-0.05, 0) is 67.6 Å². The zero-order chi connectivity index (χ0) is 23.8. The van der Waals surface area contributed by atoms with Crippen molar-refractivity contribution in [1.29, 1.82) is 0 Å². The number of furan rings is 1. The Hall–Kier alpha value is -2.42. The van der Waals surface area contributed by atoms with Crippen molar-refractivity contribution in [2.45, 2.75) is 50.0 Å². The number of benzene rings is 1. The van der Waals surface area contributed by atoms with Gasteiger partial charge >= 0.3 is 0 Å². The average Bonchev–Trinajstić information content (AvgIpc) is 3.27. The molecule has 34 heavy (non-hydrogen) atoms. The van der Waals surface area contributed by atoms with Crippen molar-refractivity contribution < 1.29 is 17.6 Å². The lowest BCUT2D eigenvalue weighted by atomic mass is 9.89. The lowest BCUT2D eigenvalue weighted by Crippen LogP contribution is -2.36. The molecule has 2 aromatic rings. The first-order chi connectivity index (χ1) is 16.5. The van der Waals surface area contributed by atoms with E-state index >= 15 is 0 Å². The standard InChI is InChI=1S/C26H35N3O4S/c30-26(29-16-5-15-28(17-18-29)21-23-6-2-1-3-7-23)14-11-22-9-12-25(13-10-22)34(31,32)27-20-24-8-4-19-33-24/h4,8-14,19,23,27H,1-3,5-7,15-18,20-21H2/b14-11+. The van der Waals surface area contributed by atoms with Crippen LogP contribution in [0.4, 0.5) is 0 Å². The minimum absolute atomic E-state index is 0.0105. The first kappa shape index (κ1) is 24.7. The summed E-state index contributed by atoms with van der Waals surface area (Å²) in [7, 11) is -3.64. The third-order valence-corrected chi connectivity index (χ3v) is 8.18. The fourth-order valence-corrected chi connectivity index (χ4v) is 5.80. The third-order valence-electron chi connectivity index (χ3n) is 6.77. The summed E-state index contributed by atoms with van der Waals surface area (Å²) in [5, 5.41) is 0. The molecule has 2 heterocycles. The number of nitrogens with zero attached hydrogens (tertiary/aromatic N) is 2. The van der Waals surface area contributed by atoms with Crippen molar-refractivity contribution in [2.75, 3.05) is 32.7 Å². The molecule has 4 rings (SSSR count). The topological polar surface area (TPSA) is 82.9 Å². The van der Waals surface area contributed by atoms with E-state index in [-0.39, 0.29) is 17.3 Å². The van der Waals surface area contributed by atoms with Crippen LogP contribution in [0.2, 0.25) is 0 Å². The van der Waals surface area contributed by atoms with E-state index in [9.17, 15) is 13.2 Å². The van der Waals surface area contributed by atoms with Crippen LogP contribution in [-0.2, 0) is 21.4 Å². The maximum atomic E-state index is 12.8. The fraction of sp³-hybridized carbons (Fsp3) is 0.500. The predicted molar refractivity (Wildman–Crippen MR) is 132 cm³/mol. The van der Waals surface area contributed by atoms with Crippen LogP contribution in [0.25, 0.3) is 6.08 Å². The van der Waals surface area contributed by atoms with Gasteiger partial charge in [0.25, 0.3) is 0 Å². The van der Waals surface area contributed by atoms with Gasteiger partial charge in [0.1, 0.15) is 5.76 Å². The van der Waals surface area contributed by atoms with Crippen LogP contribution in [0.15, 0.2) is 58.1 Å². The van der Waals surface area contributed by atoms with Gasteiger partial charge in [0, 0.05) is 32.3 Å².